The highest BCUT2D eigenvalue weighted by atomic mass is 16.5. The van der Waals surface area contributed by atoms with Crippen LogP contribution in [0.4, 0.5) is 0 Å². The Morgan fingerprint density at radius 3 is 2.33 bits per heavy atom. The standard InChI is InChI=1S/C23H26N2O2/c1-27-21-8-3-2-5-18(21)19-6-4-7-20(24-19)22(26)25-23-12-15-9-16(13-23)11-17(10-15)14-23/h2-8,15-17H,9-14H2,1H3,(H,25,26). The topological polar surface area (TPSA) is 51.2 Å². The van der Waals surface area contributed by atoms with E-state index in [9.17, 15) is 4.79 Å². The van der Waals surface area contributed by atoms with Gasteiger partial charge in [0.15, 0.2) is 0 Å². The van der Waals surface area contributed by atoms with Crippen LogP contribution < -0.4 is 10.1 Å². The van der Waals surface area contributed by atoms with Crippen LogP contribution in [0.15, 0.2) is 42.5 Å². The molecular formula is C23H26N2O2. The van der Waals surface area contributed by atoms with Gasteiger partial charge in [-0.2, -0.15) is 0 Å². The number of aromatic nitrogens is 1. The number of carbonyl (C=O) groups excluding carboxylic acids is 1. The van der Waals surface area contributed by atoms with E-state index in [-0.39, 0.29) is 11.4 Å². The molecule has 0 saturated heterocycles. The molecule has 4 saturated carbocycles. The molecule has 0 spiro atoms. The third-order valence-electron chi connectivity index (χ3n) is 6.78. The second-order valence-corrected chi connectivity index (χ2v) is 8.76. The number of nitrogens with zero attached hydrogens (tertiary/aromatic N) is 1. The summed E-state index contributed by atoms with van der Waals surface area (Å²) in [6.45, 7) is 0. The lowest BCUT2D eigenvalue weighted by molar-refractivity contribution is -0.0167. The van der Waals surface area contributed by atoms with Crippen LogP contribution in [0.5, 0.6) is 5.75 Å². The number of benzene rings is 1. The van der Waals surface area contributed by atoms with Crippen molar-refractivity contribution in [1.82, 2.24) is 10.3 Å². The monoisotopic (exact) mass is 362 g/mol. The number of pyridine rings is 1. The van der Waals surface area contributed by atoms with Gasteiger partial charge >= 0.3 is 0 Å². The number of amides is 1. The minimum Gasteiger partial charge on any atom is -0.496 e. The molecule has 6 rings (SSSR count). The van der Waals surface area contributed by atoms with E-state index < -0.39 is 0 Å². The zero-order chi connectivity index (χ0) is 18.4. The van der Waals surface area contributed by atoms with Crippen LogP contribution in [0.25, 0.3) is 11.3 Å². The van der Waals surface area contributed by atoms with Crippen LogP contribution in [0.1, 0.15) is 49.0 Å². The van der Waals surface area contributed by atoms with Gasteiger partial charge in [0, 0.05) is 11.1 Å². The quantitative estimate of drug-likeness (QED) is 0.874. The highest BCUT2D eigenvalue weighted by Gasteiger charge is 2.51. The summed E-state index contributed by atoms with van der Waals surface area (Å²) in [5, 5.41) is 3.42. The predicted octanol–water partition coefficient (Wildman–Crippen LogP) is 4.46. The number of methoxy groups -OCH3 is 1. The average Bonchev–Trinajstić information content (AvgIpc) is 2.66. The Labute approximate surface area is 160 Å². The first-order valence-corrected chi connectivity index (χ1v) is 10.1. The van der Waals surface area contributed by atoms with E-state index in [1.807, 2.05) is 42.5 Å². The fraction of sp³-hybridized carbons (Fsp3) is 0.478. The second-order valence-electron chi connectivity index (χ2n) is 8.76. The number of hydrogen-bond donors (Lipinski definition) is 1. The van der Waals surface area contributed by atoms with Gasteiger partial charge in [0.2, 0.25) is 0 Å². The molecule has 4 nitrogen and oxygen atoms in total. The number of ether oxygens (including phenoxy) is 1. The van der Waals surface area contributed by atoms with Crippen molar-refractivity contribution >= 4 is 5.91 Å². The van der Waals surface area contributed by atoms with Crippen LogP contribution in [0.2, 0.25) is 0 Å². The maximum absolute atomic E-state index is 13.1. The molecular weight excluding hydrogens is 336 g/mol. The predicted molar refractivity (Wildman–Crippen MR) is 105 cm³/mol. The molecule has 0 atom stereocenters. The van der Waals surface area contributed by atoms with Crippen LogP contribution in [0, 0.1) is 17.8 Å². The van der Waals surface area contributed by atoms with Crippen molar-refractivity contribution in [2.45, 2.75) is 44.1 Å². The highest BCUT2D eigenvalue weighted by molar-refractivity contribution is 5.93. The molecule has 0 radical (unpaired) electrons. The molecule has 27 heavy (non-hydrogen) atoms. The first-order valence-electron chi connectivity index (χ1n) is 10.1. The number of nitrogens with one attached hydrogen (secondary N) is 1. The summed E-state index contributed by atoms with van der Waals surface area (Å²) in [6.07, 6.45) is 7.56. The lowest BCUT2D eigenvalue weighted by Crippen LogP contribution is -2.59. The summed E-state index contributed by atoms with van der Waals surface area (Å²) < 4.78 is 5.45. The zero-order valence-electron chi connectivity index (χ0n) is 15.8. The number of para-hydroxylation sites is 1. The van der Waals surface area contributed by atoms with Crippen molar-refractivity contribution in [1.29, 1.82) is 0 Å². The number of carbonyl (C=O) groups is 1. The van der Waals surface area contributed by atoms with Crippen LogP contribution in [-0.2, 0) is 0 Å². The summed E-state index contributed by atoms with van der Waals surface area (Å²) in [7, 11) is 1.66. The molecule has 4 heteroatoms. The molecule has 2 aromatic rings. The van der Waals surface area contributed by atoms with Crippen molar-refractivity contribution in [3.63, 3.8) is 0 Å². The van der Waals surface area contributed by atoms with Crippen molar-refractivity contribution in [2.75, 3.05) is 7.11 Å². The van der Waals surface area contributed by atoms with Gasteiger partial charge in [0.1, 0.15) is 11.4 Å². The van der Waals surface area contributed by atoms with Gasteiger partial charge in [0.05, 0.1) is 12.8 Å². The van der Waals surface area contributed by atoms with Gasteiger partial charge in [0.25, 0.3) is 5.91 Å². The van der Waals surface area contributed by atoms with Crippen molar-refractivity contribution in [2.24, 2.45) is 17.8 Å². The molecule has 1 heterocycles. The van der Waals surface area contributed by atoms with Gasteiger partial charge in [-0.05, 0) is 80.5 Å². The van der Waals surface area contributed by atoms with Crippen molar-refractivity contribution < 1.29 is 9.53 Å². The molecule has 4 fully saturated rings. The number of rotatable bonds is 4. The Morgan fingerprint density at radius 1 is 1.00 bits per heavy atom. The van der Waals surface area contributed by atoms with E-state index in [1.165, 1.54) is 19.3 Å². The number of hydrogen-bond acceptors (Lipinski definition) is 3. The van der Waals surface area contributed by atoms with E-state index in [4.69, 9.17) is 4.74 Å². The summed E-state index contributed by atoms with van der Waals surface area (Å²) in [5.74, 6) is 3.16. The molecule has 0 aliphatic heterocycles. The largest absolute Gasteiger partial charge is 0.496 e. The highest BCUT2D eigenvalue weighted by Crippen LogP contribution is 2.55. The molecule has 1 amide bonds. The first-order chi connectivity index (χ1) is 13.1. The van der Waals surface area contributed by atoms with Crippen LogP contribution in [-0.4, -0.2) is 23.5 Å². The minimum atomic E-state index is -0.0336. The second kappa shape index (κ2) is 6.36. The lowest BCUT2D eigenvalue weighted by Gasteiger charge is -2.56. The molecule has 1 N–H and O–H groups in total. The van der Waals surface area contributed by atoms with E-state index in [0.717, 1.165) is 54.0 Å². The fourth-order valence-corrected chi connectivity index (χ4v) is 6.14. The Kier molecular flexibility index (Phi) is 3.96. The Hall–Kier alpha value is -2.36. The summed E-state index contributed by atoms with van der Waals surface area (Å²) in [5.41, 5.74) is 2.18. The van der Waals surface area contributed by atoms with Crippen LogP contribution >= 0.6 is 0 Å². The summed E-state index contributed by atoms with van der Waals surface area (Å²) >= 11 is 0. The van der Waals surface area contributed by atoms with Crippen molar-refractivity contribution in [3.05, 3.63) is 48.2 Å². The van der Waals surface area contributed by atoms with E-state index >= 15 is 0 Å². The van der Waals surface area contributed by atoms with Crippen LogP contribution in [0.3, 0.4) is 0 Å². The average molecular weight is 362 g/mol. The summed E-state index contributed by atoms with van der Waals surface area (Å²) in [6, 6.07) is 13.4. The molecule has 4 bridgehead atoms. The first kappa shape index (κ1) is 16.8. The zero-order valence-corrected chi connectivity index (χ0v) is 15.8. The maximum Gasteiger partial charge on any atom is 0.270 e. The Bertz CT molecular complexity index is 841. The SMILES string of the molecule is COc1ccccc1-c1cccc(C(=O)NC23CC4CC(CC(C4)C2)C3)n1. The maximum atomic E-state index is 13.1. The summed E-state index contributed by atoms with van der Waals surface area (Å²) in [4.78, 5) is 17.7. The minimum absolute atomic E-state index is 0.00789. The third kappa shape index (κ3) is 3.01. The van der Waals surface area contributed by atoms with E-state index in [1.54, 1.807) is 7.11 Å². The lowest BCUT2D eigenvalue weighted by atomic mass is 9.53. The third-order valence-corrected chi connectivity index (χ3v) is 6.78. The van der Waals surface area contributed by atoms with E-state index in [2.05, 4.69) is 10.3 Å². The Balaban J connectivity index is 1.40. The van der Waals surface area contributed by atoms with Gasteiger partial charge in [-0.15, -0.1) is 0 Å². The fourth-order valence-electron chi connectivity index (χ4n) is 6.14. The van der Waals surface area contributed by atoms with E-state index in [0.29, 0.717) is 5.69 Å². The van der Waals surface area contributed by atoms with Gasteiger partial charge in [-0.1, -0.05) is 18.2 Å². The van der Waals surface area contributed by atoms with Gasteiger partial charge in [-0.25, -0.2) is 4.98 Å². The molecule has 140 valence electrons. The van der Waals surface area contributed by atoms with Gasteiger partial charge in [-0.3, -0.25) is 4.79 Å². The molecule has 1 aromatic heterocycles. The smallest absolute Gasteiger partial charge is 0.270 e. The Morgan fingerprint density at radius 2 is 1.67 bits per heavy atom. The van der Waals surface area contributed by atoms with Crippen molar-refractivity contribution in [3.8, 4) is 17.0 Å². The van der Waals surface area contributed by atoms with Gasteiger partial charge < -0.3 is 10.1 Å². The molecule has 4 aliphatic carbocycles. The normalized spacial score (nSPS) is 30.9. The molecule has 0 unspecified atom stereocenters. The molecule has 4 aliphatic rings. The molecule has 1 aromatic carbocycles.